The van der Waals surface area contributed by atoms with Crippen LogP contribution in [0.3, 0.4) is 0 Å². The Kier molecular flexibility index (Phi) is 6.47. The van der Waals surface area contributed by atoms with E-state index in [0.717, 1.165) is 0 Å². The largest absolute Gasteiger partial charge is 0.264 e. The Morgan fingerprint density at radius 1 is 0.897 bits per heavy atom. The van der Waals surface area contributed by atoms with Crippen molar-refractivity contribution in [2.75, 3.05) is 6.16 Å². The Labute approximate surface area is 180 Å². The van der Waals surface area contributed by atoms with E-state index in [0.29, 0.717) is 16.2 Å². The minimum absolute atomic E-state index is 0.198. The maximum Gasteiger partial charge on any atom is 0.0590 e. The number of rotatable bonds is 5. The number of hydrogen-bond donors (Lipinski definition) is 0. The normalized spacial score (nSPS) is 17.7. The highest BCUT2D eigenvalue weighted by molar-refractivity contribution is 7.60. The first-order chi connectivity index (χ1) is 13.5. The van der Waals surface area contributed by atoms with Gasteiger partial charge in [0.2, 0.25) is 0 Å². The van der Waals surface area contributed by atoms with Crippen LogP contribution in [-0.2, 0) is 5.16 Å². The molecule has 0 aliphatic heterocycles. The van der Waals surface area contributed by atoms with Gasteiger partial charge in [0.05, 0.1) is 5.16 Å². The van der Waals surface area contributed by atoms with Gasteiger partial charge in [0.15, 0.2) is 0 Å². The van der Waals surface area contributed by atoms with Crippen LogP contribution in [0.5, 0.6) is 0 Å². The van der Waals surface area contributed by atoms with Crippen molar-refractivity contribution in [3.05, 3.63) is 84.0 Å². The molecule has 0 saturated heterocycles. The van der Waals surface area contributed by atoms with Crippen molar-refractivity contribution < 1.29 is 0 Å². The second-order valence-corrected chi connectivity index (χ2v) is 14.6. The number of hydrogen-bond acceptors (Lipinski definition) is 2. The average molecular weight is 425 g/mol. The SMILES string of the molecule is CC(C)(C)P(CC1C=CC=C1C(P)(c1cccnc1)c1cccnc1)C(C)(C)C. The lowest BCUT2D eigenvalue weighted by Crippen LogP contribution is -2.32. The van der Waals surface area contributed by atoms with Gasteiger partial charge in [0.25, 0.3) is 0 Å². The van der Waals surface area contributed by atoms with Crippen molar-refractivity contribution in [2.24, 2.45) is 5.92 Å². The first-order valence-electron chi connectivity index (χ1n) is 10.3. The molecule has 0 fully saturated rings. The summed E-state index contributed by atoms with van der Waals surface area (Å²) in [5, 5.41) is 0.288. The fraction of sp³-hybridized carbons (Fsp3) is 0.440. The summed E-state index contributed by atoms with van der Waals surface area (Å²) in [6.45, 7) is 14.4. The quantitative estimate of drug-likeness (QED) is 0.494. The van der Waals surface area contributed by atoms with Crippen LogP contribution in [-0.4, -0.2) is 26.4 Å². The van der Waals surface area contributed by atoms with E-state index in [9.17, 15) is 0 Å². The number of pyridine rings is 2. The fourth-order valence-electron chi connectivity index (χ4n) is 4.55. The molecule has 2 atom stereocenters. The Bertz CT molecular complexity index is 821. The van der Waals surface area contributed by atoms with Crippen LogP contribution >= 0.6 is 17.2 Å². The summed E-state index contributed by atoms with van der Waals surface area (Å²) in [5.41, 5.74) is 3.80. The summed E-state index contributed by atoms with van der Waals surface area (Å²) in [6.07, 6.45) is 15.8. The molecule has 1 aliphatic rings. The highest BCUT2D eigenvalue weighted by Gasteiger charge is 2.42. The van der Waals surface area contributed by atoms with Gasteiger partial charge in [-0.05, 0) is 45.3 Å². The van der Waals surface area contributed by atoms with Crippen LogP contribution in [0.15, 0.2) is 72.9 Å². The Balaban J connectivity index is 2.05. The number of aromatic nitrogens is 2. The van der Waals surface area contributed by atoms with Crippen molar-refractivity contribution >= 4 is 17.2 Å². The summed E-state index contributed by atoms with van der Waals surface area (Å²) in [4.78, 5) is 8.87. The molecule has 0 amide bonds. The molecule has 0 N–H and O–H groups in total. The highest BCUT2D eigenvalue weighted by Crippen LogP contribution is 2.62. The van der Waals surface area contributed by atoms with Crippen LogP contribution in [0.1, 0.15) is 52.7 Å². The van der Waals surface area contributed by atoms with Crippen molar-refractivity contribution in [1.82, 2.24) is 9.97 Å². The molecule has 4 heteroatoms. The molecule has 2 heterocycles. The van der Waals surface area contributed by atoms with E-state index in [-0.39, 0.29) is 13.1 Å². The predicted octanol–water partition coefficient (Wildman–Crippen LogP) is 6.79. The zero-order chi connectivity index (χ0) is 21.3. The van der Waals surface area contributed by atoms with Crippen LogP contribution in [0.2, 0.25) is 0 Å². The molecule has 154 valence electrons. The van der Waals surface area contributed by atoms with E-state index in [1.54, 1.807) is 0 Å². The lowest BCUT2D eigenvalue weighted by Gasteiger charge is -2.44. The molecule has 2 nitrogen and oxygen atoms in total. The highest BCUT2D eigenvalue weighted by atomic mass is 31.1. The molecule has 0 spiro atoms. The van der Waals surface area contributed by atoms with Crippen LogP contribution in [0.4, 0.5) is 0 Å². The molecule has 0 bridgehead atoms. The van der Waals surface area contributed by atoms with Crippen LogP contribution in [0.25, 0.3) is 0 Å². The van der Waals surface area contributed by atoms with Crippen molar-refractivity contribution in [2.45, 2.75) is 57.0 Å². The monoisotopic (exact) mass is 424 g/mol. The smallest absolute Gasteiger partial charge is 0.0590 e. The second-order valence-electron chi connectivity index (χ2n) is 9.86. The fourth-order valence-corrected chi connectivity index (χ4v) is 9.02. The Morgan fingerprint density at radius 2 is 1.41 bits per heavy atom. The Morgan fingerprint density at radius 3 is 1.83 bits per heavy atom. The molecule has 0 aromatic carbocycles. The molecule has 2 unspecified atom stereocenters. The number of nitrogens with zero attached hydrogens (tertiary/aromatic N) is 2. The van der Waals surface area contributed by atoms with Gasteiger partial charge < -0.3 is 0 Å². The zero-order valence-electron chi connectivity index (χ0n) is 18.6. The summed E-state index contributed by atoms with van der Waals surface area (Å²) in [6, 6.07) is 8.42. The van der Waals surface area contributed by atoms with Gasteiger partial charge in [-0.2, -0.15) is 0 Å². The van der Waals surface area contributed by atoms with E-state index < -0.39 is 0 Å². The molecular weight excluding hydrogens is 390 g/mol. The summed E-state index contributed by atoms with van der Waals surface area (Å²) in [7, 11) is 2.96. The summed E-state index contributed by atoms with van der Waals surface area (Å²) in [5.74, 6) is 0.414. The van der Waals surface area contributed by atoms with Gasteiger partial charge >= 0.3 is 0 Å². The third-order valence-electron chi connectivity index (χ3n) is 5.71. The van der Waals surface area contributed by atoms with Crippen LogP contribution < -0.4 is 0 Å². The first kappa shape index (κ1) is 22.3. The van der Waals surface area contributed by atoms with Gasteiger partial charge in [0, 0.05) is 30.7 Å². The zero-order valence-corrected chi connectivity index (χ0v) is 20.6. The Hall–Kier alpha value is -1.36. The summed E-state index contributed by atoms with van der Waals surface area (Å²) >= 11 is 0. The maximum absolute atomic E-state index is 4.43. The lowest BCUT2D eigenvalue weighted by atomic mass is 9.81. The van der Waals surface area contributed by atoms with E-state index in [1.807, 2.05) is 36.9 Å². The topological polar surface area (TPSA) is 25.8 Å². The molecular formula is C25H34N2P2. The number of allylic oxidation sites excluding steroid dienone is 4. The molecule has 0 radical (unpaired) electrons. The van der Waals surface area contributed by atoms with Gasteiger partial charge in [-0.3, -0.25) is 9.97 Å². The van der Waals surface area contributed by atoms with E-state index in [2.05, 4.69) is 91.1 Å². The third kappa shape index (κ3) is 4.70. The second kappa shape index (κ2) is 8.41. The van der Waals surface area contributed by atoms with E-state index in [4.69, 9.17) is 0 Å². The molecule has 29 heavy (non-hydrogen) atoms. The van der Waals surface area contributed by atoms with Gasteiger partial charge in [0.1, 0.15) is 0 Å². The van der Waals surface area contributed by atoms with Crippen LogP contribution in [0, 0.1) is 5.92 Å². The molecule has 2 aromatic heterocycles. The van der Waals surface area contributed by atoms with Gasteiger partial charge in [-0.1, -0.05) is 79.8 Å². The molecule has 3 rings (SSSR count). The molecule has 2 aromatic rings. The predicted molar refractivity (Wildman–Crippen MR) is 131 cm³/mol. The van der Waals surface area contributed by atoms with E-state index >= 15 is 0 Å². The van der Waals surface area contributed by atoms with Crippen molar-refractivity contribution in [3.8, 4) is 0 Å². The standard InChI is InChI=1S/C25H34N2P2/c1-23(2,3)29(24(4,5)6)18-19-10-7-13-22(19)25(28,20-11-8-14-26-16-20)21-12-9-15-27-17-21/h7-17,19H,18,28H2,1-6H3. The minimum atomic E-state index is -0.326. The maximum atomic E-state index is 4.43. The van der Waals surface area contributed by atoms with E-state index in [1.165, 1.54) is 22.9 Å². The first-order valence-corrected chi connectivity index (χ1v) is 12.4. The van der Waals surface area contributed by atoms with Gasteiger partial charge in [-0.25, -0.2) is 0 Å². The minimum Gasteiger partial charge on any atom is -0.264 e. The molecule has 0 saturated carbocycles. The van der Waals surface area contributed by atoms with Crippen molar-refractivity contribution in [1.29, 1.82) is 0 Å². The average Bonchev–Trinajstić information content (AvgIpc) is 3.14. The van der Waals surface area contributed by atoms with Gasteiger partial charge in [-0.15, -0.1) is 9.24 Å². The third-order valence-corrected chi connectivity index (χ3v) is 10.7. The summed E-state index contributed by atoms with van der Waals surface area (Å²) < 4.78 is 0. The molecule has 1 aliphatic carbocycles. The van der Waals surface area contributed by atoms with Crippen molar-refractivity contribution in [3.63, 3.8) is 0 Å². The lowest BCUT2D eigenvalue weighted by molar-refractivity contribution is 0.676.